The molecule has 1 heterocycles. The van der Waals surface area contributed by atoms with E-state index in [2.05, 4.69) is 11.9 Å². The zero-order valence-corrected chi connectivity index (χ0v) is 8.42. The molecule has 1 aliphatic carbocycles. The number of carbonyl (C=O) groups excluding carboxylic acids is 1. The van der Waals surface area contributed by atoms with Gasteiger partial charge in [-0.1, -0.05) is 6.58 Å². The van der Waals surface area contributed by atoms with Crippen molar-refractivity contribution < 1.29 is 9.53 Å². The van der Waals surface area contributed by atoms with Crippen LogP contribution in [0.1, 0.15) is 25.7 Å². The molecule has 1 N–H and O–H groups in total. The van der Waals surface area contributed by atoms with Gasteiger partial charge in [-0.3, -0.25) is 4.79 Å². The van der Waals surface area contributed by atoms with Crippen LogP contribution >= 0.6 is 0 Å². The Hall–Kier alpha value is -0.830. The zero-order chi connectivity index (χ0) is 10.0. The first-order valence-corrected chi connectivity index (χ1v) is 5.31. The second-order valence-corrected chi connectivity index (χ2v) is 4.21. The van der Waals surface area contributed by atoms with Crippen molar-refractivity contribution in [3.8, 4) is 0 Å². The van der Waals surface area contributed by atoms with Crippen LogP contribution in [0.4, 0.5) is 0 Å². The summed E-state index contributed by atoms with van der Waals surface area (Å²) in [7, 11) is 0. The largest absolute Gasteiger partial charge is 0.373 e. The molecule has 3 heteroatoms. The first-order chi connectivity index (χ1) is 6.77. The fourth-order valence-electron chi connectivity index (χ4n) is 2.24. The fourth-order valence-corrected chi connectivity index (χ4v) is 2.24. The molecule has 1 saturated heterocycles. The minimum Gasteiger partial charge on any atom is -0.373 e. The van der Waals surface area contributed by atoms with Crippen molar-refractivity contribution >= 4 is 5.91 Å². The Kier molecular flexibility index (Phi) is 2.59. The molecule has 0 aromatic rings. The molecule has 0 aromatic carbocycles. The molecule has 0 aromatic heterocycles. The van der Waals surface area contributed by atoms with Crippen molar-refractivity contribution in [1.29, 1.82) is 0 Å². The summed E-state index contributed by atoms with van der Waals surface area (Å²) in [5.41, 5.74) is -0.0430. The maximum atomic E-state index is 11.1. The quantitative estimate of drug-likeness (QED) is 0.685. The summed E-state index contributed by atoms with van der Waals surface area (Å²) in [5, 5.41) is 2.85. The first-order valence-electron chi connectivity index (χ1n) is 5.31. The maximum absolute atomic E-state index is 11.1. The molecule has 3 nitrogen and oxygen atoms in total. The van der Waals surface area contributed by atoms with Gasteiger partial charge in [0.15, 0.2) is 0 Å². The van der Waals surface area contributed by atoms with Crippen LogP contribution in [0.5, 0.6) is 0 Å². The molecule has 2 fully saturated rings. The Morgan fingerprint density at radius 3 is 2.93 bits per heavy atom. The molecule has 1 amide bonds. The number of nitrogens with one attached hydrogen (secondary N) is 1. The van der Waals surface area contributed by atoms with E-state index in [-0.39, 0.29) is 11.5 Å². The molecule has 1 saturated carbocycles. The molecular weight excluding hydrogens is 178 g/mol. The van der Waals surface area contributed by atoms with Crippen molar-refractivity contribution in [3.05, 3.63) is 12.7 Å². The third-order valence-corrected chi connectivity index (χ3v) is 3.20. The lowest BCUT2D eigenvalue weighted by Crippen LogP contribution is -2.43. The number of carbonyl (C=O) groups is 1. The topological polar surface area (TPSA) is 38.3 Å². The van der Waals surface area contributed by atoms with Crippen LogP contribution in [0, 0.1) is 5.92 Å². The molecule has 78 valence electrons. The molecule has 0 spiro atoms. The molecule has 1 unspecified atom stereocenters. The van der Waals surface area contributed by atoms with E-state index in [1.54, 1.807) is 0 Å². The van der Waals surface area contributed by atoms with Gasteiger partial charge >= 0.3 is 0 Å². The van der Waals surface area contributed by atoms with Crippen LogP contribution in [0.2, 0.25) is 0 Å². The summed E-state index contributed by atoms with van der Waals surface area (Å²) in [6.45, 7) is 4.94. The van der Waals surface area contributed by atoms with Gasteiger partial charge in [-0.2, -0.15) is 0 Å². The highest BCUT2D eigenvalue weighted by molar-refractivity contribution is 5.86. The van der Waals surface area contributed by atoms with Crippen LogP contribution in [0.3, 0.4) is 0 Å². The van der Waals surface area contributed by atoms with E-state index in [0.29, 0.717) is 12.5 Å². The predicted molar refractivity (Wildman–Crippen MR) is 53.8 cm³/mol. The van der Waals surface area contributed by atoms with Crippen LogP contribution in [0.15, 0.2) is 12.7 Å². The van der Waals surface area contributed by atoms with Crippen molar-refractivity contribution in [2.75, 3.05) is 13.2 Å². The Balaban J connectivity index is 1.90. The third kappa shape index (κ3) is 1.82. The van der Waals surface area contributed by atoms with Gasteiger partial charge in [0, 0.05) is 13.2 Å². The number of hydrogen-bond donors (Lipinski definition) is 1. The van der Waals surface area contributed by atoms with Crippen molar-refractivity contribution in [1.82, 2.24) is 5.32 Å². The highest BCUT2D eigenvalue weighted by Crippen LogP contribution is 2.46. The van der Waals surface area contributed by atoms with E-state index in [9.17, 15) is 4.79 Å². The normalized spacial score (nSPS) is 31.4. The average Bonchev–Trinajstić information content (AvgIpc) is 2.96. The summed E-state index contributed by atoms with van der Waals surface area (Å²) in [6, 6.07) is 0. The molecule has 0 bridgehead atoms. The van der Waals surface area contributed by atoms with E-state index in [1.807, 2.05) is 0 Å². The summed E-state index contributed by atoms with van der Waals surface area (Å²) in [6.07, 6.45) is 6.04. The smallest absolute Gasteiger partial charge is 0.243 e. The second kappa shape index (κ2) is 3.73. The summed E-state index contributed by atoms with van der Waals surface area (Å²) in [4.78, 5) is 11.1. The van der Waals surface area contributed by atoms with E-state index in [1.165, 1.54) is 18.9 Å². The fraction of sp³-hybridized carbons (Fsp3) is 0.727. The van der Waals surface area contributed by atoms with E-state index in [4.69, 9.17) is 4.74 Å². The minimum atomic E-state index is -0.0967. The van der Waals surface area contributed by atoms with Gasteiger partial charge in [0.25, 0.3) is 0 Å². The van der Waals surface area contributed by atoms with Gasteiger partial charge in [0.1, 0.15) is 0 Å². The highest BCUT2D eigenvalue weighted by Gasteiger charge is 2.48. The predicted octanol–water partition coefficient (Wildman–Crippen LogP) is 1.25. The van der Waals surface area contributed by atoms with Gasteiger partial charge in [-0.25, -0.2) is 0 Å². The molecule has 1 aliphatic heterocycles. The molecule has 0 radical (unpaired) electrons. The number of rotatable bonds is 4. The van der Waals surface area contributed by atoms with Crippen LogP contribution < -0.4 is 5.32 Å². The Morgan fingerprint density at radius 1 is 1.64 bits per heavy atom. The lowest BCUT2D eigenvalue weighted by Gasteiger charge is -2.28. The number of amides is 1. The van der Waals surface area contributed by atoms with Gasteiger partial charge in [-0.05, 0) is 37.7 Å². The summed E-state index contributed by atoms with van der Waals surface area (Å²) in [5.74, 6) is 0.579. The second-order valence-electron chi connectivity index (χ2n) is 4.21. The van der Waals surface area contributed by atoms with Crippen LogP contribution in [-0.4, -0.2) is 24.7 Å². The minimum absolute atomic E-state index is 0.0430. The number of hydrogen-bond acceptors (Lipinski definition) is 2. The number of ether oxygens (including phenoxy) is 1. The van der Waals surface area contributed by atoms with Crippen molar-refractivity contribution in [2.45, 2.75) is 31.3 Å². The molecule has 2 aliphatic rings. The van der Waals surface area contributed by atoms with Crippen molar-refractivity contribution in [2.24, 2.45) is 5.92 Å². The standard InChI is InChI=1S/C11H17NO2/c1-2-10(13)12-8-11(9-4-5-9)6-3-7-14-11/h2,9H,1,3-8H2,(H,12,13). The van der Waals surface area contributed by atoms with E-state index in [0.717, 1.165) is 19.4 Å². The monoisotopic (exact) mass is 195 g/mol. The van der Waals surface area contributed by atoms with Gasteiger partial charge in [-0.15, -0.1) is 0 Å². The van der Waals surface area contributed by atoms with Crippen molar-refractivity contribution in [3.63, 3.8) is 0 Å². The van der Waals surface area contributed by atoms with E-state index >= 15 is 0 Å². The Morgan fingerprint density at radius 2 is 2.43 bits per heavy atom. The van der Waals surface area contributed by atoms with Crippen LogP contribution in [0.25, 0.3) is 0 Å². The van der Waals surface area contributed by atoms with Crippen LogP contribution in [-0.2, 0) is 9.53 Å². The Labute approximate surface area is 84.5 Å². The molecule has 2 rings (SSSR count). The lowest BCUT2D eigenvalue weighted by molar-refractivity contribution is -0.118. The third-order valence-electron chi connectivity index (χ3n) is 3.20. The SMILES string of the molecule is C=CC(=O)NCC1(C2CC2)CCCO1. The highest BCUT2D eigenvalue weighted by atomic mass is 16.5. The summed E-state index contributed by atoms with van der Waals surface area (Å²) < 4.78 is 5.81. The lowest BCUT2D eigenvalue weighted by atomic mass is 9.94. The first kappa shape index (κ1) is 9.71. The summed E-state index contributed by atoms with van der Waals surface area (Å²) >= 11 is 0. The maximum Gasteiger partial charge on any atom is 0.243 e. The van der Waals surface area contributed by atoms with E-state index < -0.39 is 0 Å². The molecule has 1 atom stereocenters. The zero-order valence-electron chi connectivity index (χ0n) is 8.42. The van der Waals surface area contributed by atoms with Gasteiger partial charge in [0.05, 0.1) is 5.60 Å². The van der Waals surface area contributed by atoms with Gasteiger partial charge in [0.2, 0.25) is 5.91 Å². The average molecular weight is 195 g/mol. The molecule has 14 heavy (non-hydrogen) atoms. The van der Waals surface area contributed by atoms with Gasteiger partial charge < -0.3 is 10.1 Å². The molecular formula is C11H17NO2. The Bertz CT molecular complexity index is 240.